The van der Waals surface area contributed by atoms with Gasteiger partial charge in [-0.25, -0.2) is 0 Å². The minimum atomic E-state index is -0.00233. The van der Waals surface area contributed by atoms with Gasteiger partial charge in [-0.05, 0) is 42.9 Å². The smallest absolute Gasteiger partial charge is 0.129 e. The quantitative estimate of drug-likeness (QED) is 0.830. The van der Waals surface area contributed by atoms with Crippen LogP contribution in [0.4, 0.5) is 0 Å². The first-order valence-electron chi connectivity index (χ1n) is 5.85. The summed E-state index contributed by atoms with van der Waals surface area (Å²) < 4.78 is 13.0. The van der Waals surface area contributed by atoms with Crippen molar-refractivity contribution in [3.8, 4) is 0 Å². The van der Waals surface area contributed by atoms with E-state index >= 15 is 0 Å². The van der Waals surface area contributed by atoms with Crippen LogP contribution < -0.4 is 5.32 Å². The van der Waals surface area contributed by atoms with Gasteiger partial charge in [0.1, 0.15) is 18.1 Å². The van der Waals surface area contributed by atoms with Crippen LogP contribution in [0.15, 0.2) is 43.7 Å². The van der Waals surface area contributed by atoms with Crippen molar-refractivity contribution < 1.29 is 9.15 Å². The Labute approximate surface area is 129 Å². The maximum Gasteiger partial charge on any atom is 0.129 e. The first-order chi connectivity index (χ1) is 9.15. The molecule has 0 bridgehead atoms. The maximum absolute atomic E-state index is 5.80. The molecule has 3 nitrogen and oxygen atoms in total. The molecule has 1 N–H and O–H groups in total. The standard InChI is InChI=1S/C14H15Br2NO2/c1-17-14(11-7-9(15)3-5-12(11)16)13-6-4-10(19-13)8-18-2/h3-7,14,17H,8H2,1-2H3. The van der Waals surface area contributed by atoms with E-state index in [1.54, 1.807) is 7.11 Å². The zero-order chi connectivity index (χ0) is 13.8. The van der Waals surface area contributed by atoms with Gasteiger partial charge < -0.3 is 14.5 Å². The molecule has 1 unspecified atom stereocenters. The van der Waals surface area contributed by atoms with E-state index in [1.807, 2.05) is 31.3 Å². The highest BCUT2D eigenvalue weighted by Crippen LogP contribution is 2.31. The van der Waals surface area contributed by atoms with Gasteiger partial charge in [0.15, 0.2) is 0 Å². The van der Waals surface area contributed by atoms with E-state index in [4.69, 9.17) is 9.15 Å². The minimum absolute atomic E-state index is 0.00233. The Balaban J connectivity index is 2.35. The molecule has 0 spiro atoms. The number of benzene rings is 1. The first kappa shape index (κ1) is 14.8. The lowest BCUT2D eigenvalue weighted by molar-refractivity contribution is 0.162. The molecule has 19 heavy (non-hydrogen) atoms. The molecule has 1 heterocycles. The van der Waals surface area contributed by atoms with E-state index in [2.05, 4.69) is 43.2 Å². The van der Waals surface area contributed by atoms with E-state index in [9.17, 15) is 0 Å². The Hall–Kier alpha value is -0.620. The molecule has 0 saturated heterocycles. The number of rotatable bonds is 5. The summed E-state index contributed by atoms with van der Waals surface area (Å²) >= 11 is 7.08. The van der Waals surface area contributed by atoms with E-state index in [0.717, 1.165) is 26.0 Å². The van der Waals surface area contributed by atoms with Crippen molar-refractivity contribution in [1.29, 1.82) is 0 Å². The SMILES string of the molecule is CNC(c1ccc(COC)o1)c1cc(Br)ccc1Br. The molecule has 0 aliphatic rings. The Bertz CT molecular complexity index is 554. The molecule has 0 saturated carbocycles. The monoisotopic (exact) mass is 387 g/mol. The largest absolute Gasteiger partial charge is 0.462 e. The van der Waals surface area contributed by atoms with Crippen LogP contribution >= 0.6 is 31.9 Å². The summed E-state index contributed by atoms with van der Waals surface area (Å²) in [6.07, 6.45) is 0. The van der Waals surface area contributed by atoms with E-state index in [-0.39, 0.29) is 6.04 Å². The fourth-order valence-electron chi connectivity index (χ4n) is 1.96. The summed E-state index contributed by atoms with van der Waals surface area (Å²) in [6, 6.07) is 10.0. The zero-order valence-electron chi connectivity index (χ0n) is 10.7. The Morgan fingerprint density at radius 2 is 2.05 bits per heavy atom. The number of nitrogens with one attached hydrogen (secondary N) is 1. The Kier molecular flexibility index (Phi) is 5.21. The minimum Gasteiger partial charge on any atom is -0.462 e. The molecule has 1 aromatic carbocycles. The van der Waals surface area contributed by atoms with Gasteiger partial charge in [-0.2, -0.15) is 0 Å². The van der Waals surface area contributed by atoms with Crippen molar-refractivity contribution in [1.82, 2.24) is 5.32 Å². The third-order valence-electron chi connectivity index (χ3n) is 2.81. The van der Waals surface area contributed by atoms with Crippen LogP contribution in [0.25, 0.3) is 0 Å². The molecule has 0 aliphatic carbocycles. The van der Waals surface area contributed by atoms with Crippen LogP contribution in [0.5, 0.6) is 0 Å². The fourth-order valence-corrected chi connectivity index (χ4v) is 2.81. The summed E-state index contributed by atoms with van der Waals surface area (Å²) in [5.41, 5.74) is 1.12. The molecular formula is C14H15Br2NO2. The molecule has 0 aliphatic heterocycles. The number of methoxy groups -OCH3 is 1. The van der Waals surface area contributed by atoms with Gasteiger partial charge in [-0.3, -0.25) is 0 Å². The third kappa shape index (κ3) is 3.48. The molecule has 0 radical (unpaired) electrons. The predicted molar refractivity (Wildman–Crippen MR) is 82.2 cm³/mol. The second kappa shape index (κ2) is 6.70. The summed E-state index contributed by atoms with van der Waals surface area (Å²) in [7, 11) is 3.57. The van der Waals surface area contributed by atoms with E-state index < -0.39 is 0 Å². The van der Waals surface area contributed by atoms with Gasteiger partial charge in [-0.15, -0.1) is 0 Å². The van der Waals surface area contributed by atoms with E-state index in [0.29, 0.717) is 6.61 Å². The molecule has 2 aromatic rings. The Morgan fingerprint density at radius 1 is 1.26 bits per heavy atom. The van der Waals surface area contributed by atoms with Crippen LogP contribution in [0.1, 0.15) is 23.1 Å². The lowest BCUT2D eigenvalue weighted by atomic mass is 10.1. The zero-order valence-corrected chi connectivity index (χ0v) is 13.9. The van der Waals surface area contributed by atoms with Crippen LogP contribution in [0.2, 0.25) is 0 Å². The number of hydrogen-bond acceptors (Lipinski definition) is 3. The first-order valence-corrected chi connectivity index (χ1v) is 7.44. The van der Waals surface area contributed by atoms with Crippen LogP contribution in [0, 0.1) is 0 Å². The summed E-state index contributed by atoms with van der Waals surface area (Å²) in [6.45, 7) is 0.482. The second-order valence-electron chi connectivity index (χ2n) is 4.12. The second-order valence-corrected chi connectivity index (χ2v) is 5.89. The highest BCUT2D eigenvalue weighted by molar-refractivity contribution is 9.11. The van der Waals surface area contributed by atoms with E-state index in [1.165, 1.54) is 0 Å². The van der Waals surface area contributed by atoms with Crippen molar-refractivity contribution in [3.63, 3.8) is 0 Å². The topological polar surface area (TPSA) is 34.4 Å². The lowest BCUT2D eigenvalue weighted by Gasteiger charge is -2.16. The van der Waals surface area contributed by atoms with Crippen LogP contribution in [-0.4, -0.2) is 14.2 Å². The lowest BCUT2D eigenvalue weighted by Crippen LogP contribution is -2.17. The molecule has 5 heteroatoms. The molecular weight excluding hydrogens is 374 g/mol. The predicted octanol–water partition coefficient (Wildman–Crippen LogP) is 4.26. The highest BCUT2D eigenvalue weighted by Gasteiger charge is 2.19. The van der Waals surface area contributed by atoms with Crippen LogP contribution in [-0.2, 0) is 11.3 Å². The summed E-state index contributed by atoms with van der Waals surface area (Å²) in [5.74, 6) is 1.69. The fraction of sp³-hybridized carbons (Fsp3) is 0.286. The number of ether oxygens (including phenoxy) is 1. The van der Waals surface area contributed by atoms with Gasteiger partial charge in [-0.1, -0.05) is 31.9 Å². The van der Waals surface area contributed by atoms with Gasteiger partial charge in [0.25, 0.3) is 0 Å². The normalized spacial score (nSPS) is 12.6. The van der Waals surface area contributed by atoms with Gasteiger partial charge >= 0.3 is 0 Å². The van der Waals surface area contributed by atoms with Gasteiger partial charge in [0.2, 0.25) is 0 Å². The van der Waals surface area contributed by atoms with Crippen molar-refractivity contribution in [2.24, 2.45) is 0 Å². The summed E-state index contributed by atoms with van der Waals surface area (Å²) in [4.78, 5) is 0. The molecule has 102 valence electrons. The van der Waals surface area contributed by atoms with Gasteiger partial charge in [0.05, 0.1) is 6.04 Å². The molecule has 0 fully saturated rings. The van der Waals surface area contributed by atoms with Crippen LogP contribution in [0.3, 0.4) is 0 Å². The average molecular weight is 389 g/mol. The molecule has 1 atom stereocenters. The number of furan rings is 1. The summed E-state index contributed by atoms with van der Waals surface area (Å²) in [5, 5.41) is 3.27. The average Bonchev–Trinajstić information content (AvgIpc) is 2.83. The van der Waals surface area contributed by atoms with Crippen molar-refractivity contribution in [2.75, 3.05) is 14.2 Å². The van der Waals surface area contributed by atoms with Crippen molar-refractivity contribution in [2.45, 2.75) is 12.6 Å². The number of hydrogen-bond donors (Lipinski definition) is 1. The molecule has 1 aromatic heterocycles. The maximum atomic E-state index is 5.80. The Morgan fingerprint density at radius 3 is 2.74 bits per heavy atom. The van der Waals surface area contributed by atoms with Crippen molar-refractivity contribution in [3.05, 3.63) is 56.4 Å². The van der Waals surface area contributed by atoms with Crippen molar-refractivity contribution >= 4 is 31.9 Å². The highest BCUT2D eigenvalue weighted by atomic mass is 79.9. The van der Waals surface area contributed by atoms with Gasteiger partial charge in [0, 0.05) is 16.1 Å². The molecule has 2 rings (SSSR count). The third-order valence-corrected chi connectivity index (χ3v) is 4.03. The number of halogens is 2. The molecule has 0 amide bonds.